The van der Waals surface area contributed by atoms with Crippen LogP contribution in [0.2, 0.25) is 0 Å². The van der Waals surface area contributed by atoms with Gasteiger partial charge in [-0.15, -0.1) is 11.8 Å². The molecule has 3 amide bonds. The maximum atomic E-state index is 12.3. The van der Waals surface area contributed by atoms with Crippen LogP contribution in [0.25, 0.3) is 0 Å². The van der Waals surface area contributed by atoms with E-state index in [2.05, 4.69) is 10.6 Å². The first-order valence-electron chi connectivity index (χ1n) is 9.63. The molecule has 10 nitrogen and oxygen atoms in total. The van der Waals surface area contributed by atoms with Crippen LogP contribution in [0.5, 0.6) is 0 Å². The molecular formula is C18H23N3O7S. The number of carbonyl (C=O) groups is 4. The number of amides is 3. The Morgan fingerprint density at radius 2 is 2.10 bits per heavy atom. The molecule has 0 spiro atoms. The SMILES string of the molecule is C[C@@H](O)[C@H]1C(=O)N2C(OC(=O)O)=C(S[C@@H]3CN[C@H](CC4CC(=O)NC4=O)C3)C[C@H]12. The number of aliphatic hydroxyl groups is 1. The first-order valence-corrected chi connectivity index (χ1v) is 10.5. The number of aliphatic hydroxyl groups excluding tert-OH is 1. The number of carboxylic acid groups (broad SMARTS) is 1. The zero-order chi connectivity index (χ0) is 20.9. The topological polar surface area (TPSA) is 145 Å². The fraction of sp³-hybridized carbons (Fsp3) is 0.667. The lowest BCUT2D eigenvalue weighted by molar-refractivity contribution is -0.161. The van der Waals surface area contributed by atoms with Gasteiger partial charge in [0.15, 0.2) is 0 Å². The minimum atomic E-state index is -1.48. The third-order valence-electron chi connectivity index (χ3n) is 5.95. The van der Waals surface area contributed by atoms with Crippen molar-refractivity contribution in [3.8, 4) is 0 Å². The predicted octanol–water partition coefficient (Wildman–Crippen LogP) is -0.0219. The largest absolute Gasteiger partial charge is 0.512 e. The zero-order valence-electron chi connectivity index (χ0n) is 15.8. The summed E-state index contributed by atoms with van der Waals surface area (Å²) in [5.74, 6) is -1.59. The summed E-state index contributed by atoms with van der Waals surface area (Å²) in [4.78, 5) is 48.6. The van der Waals surface area contributed by atoms with Crippen LogP contribution in [0.1, 0.15) is 32.6 Å². The molecule has 29 heavy (non-hydrogen) atoms. The number of nitrogens with one attached hydrogen (secondary N) is 2. The van der Waals surface area contributed by atoms with Gasteiger partial charge in [0.2, 0.25) is 23.6 Å². The number of ether oxygens (including phenoxy) is 1. The molecule has 0 aliphatic carbocycles. The Bertz CT molecular complexity index is 798. The molecule has 4 aliphatic heterocycles. The van der Waals surface area contributed by atoms with E-state index in [4.69, 9.17) is 9.84 Å². The Morgan fingerprint density at radius 1 is 1.34 bits per heavy atom. The van der Waals surface area contributed by atoms with Gasteiger partial charge in [-0.3, -0.25) is 24.6 Å². The summed E-state index contributed by atoms with van der Waals surface area (Å²) in [5.41, 5.74) is 0. The summed E-state index contributed by atoms with van der Waals surface area (Å²) in [6, 6.07) is -0.193. The smallest absolute Gasteiger partial charge is 0.449 e. The second-order valence-electron chi connectivity index (χ2n) is 7.97. The van der Waals surface area contributed by atoms with E-state index in [1.54, 1.807) is 6.92 Å². The van der Waals surface area contributed by atoms with Gasteiger partial charge < -0.3 is 20.3 Å². The molecule has 4 heterocycles. The lowest BCUT2D eigenvalue weighted by atomic mass is 9.84. The first-order chi connectivity index (χ1) is 13.7. The number of fused-ring (bicyclic) bond motifs is 1. The van der Waals surface area contributed by atoms with Crippen LogP contribution < -0.4 is 10.6 Å². The Kier molecular flexibility index (Phi) is 5.30. The molecule has 0 saturated carbocycles. The standard InChI is InChI=1S/C18H23N3O7S/c1-7(22)14-11-5-12(17(28-18(26)27)21(11)16(14)25)29-10-4-9(19-6-10)2-8-3-13(23)20-15(8)24/h7-11,14,19,22H,2-6H2,1H3,(H,26,27)(H,20,23,24)/t7-,8?,9-,10+,11-,14-/m1/s1. The molecule has 4 rings (SSSR count). The highest BCUT2D eigenvalue weighted by molar-refractivity contribution is 8.03. The van der Waals surface area contributed by atoms with Crippen LogP contribution in [-0.4, -0.2) is 69.0 Å². The predicted molar refractivity (Wildman–Crippen MR) is 100 cm³/mol. The maximum absolute atomic E-state index is 12.3. The number of β-lactam (4-membered cyclic amide) rings is 1. The molecule has 3 saturated heterocycles. The summed E-state index contributed by atoms with van der Waals surface area (Å²) in [7, 11) is 0. The van der Waals surface area contributed by atoms with Gasteiger partial charge in [0.1, 0.15) is 0 Å². The Balaban J connectivity index is 1.40. The number of carbonyl (C=O) groups excluding carboxylic acids is 3. The first kappa shape index (κ1) is 20.2. The highest BCUT2D eigenvalue weighted by Crippen LogP contribution is 2.49. The molecule has 0 aromatic carbocycles. The monoisotopic (exact) mass is 425 g/mol. The number of hydrogen-bond donors (Lipinski definition) is 4. The lowest BCUT2D eigenvalue weighted by Gasteiger charge is -2.44. The number of hydrogen-bond acceptors (Lipinski definition) is 8. The summed E-state index contributed by atoms with van der Waals surface area (Å²) >= 11 is 1.48. The highest BCUT2D eigenvalue weighted by Gasteiger charge is 2.57. The van der Waals surface area contributed by atoms with Crippen molar-refractivity contribution in [2.45, 2.75) is 56.0 Å². The molecule has 4 aliphatic rings. The summed E-state index contributed by atoms with van der Waals surface area (Å²) < 4.78 is 4.91. The molecule has 158 valence electrons. The highest BCUT2D eigenvalue weighted by atomic mass is 32.2. The van der Waals surface area contributed by atoms with Gasteiger partial charge in [0.05, 0.1) is 18.1 Å². The van der Waals surface area contributed by atoms with Gasteiger partial charge >= 0.3 is 6.16 Å². The molecule has 0 bridgehead atoms. The van der Waals surface area contributed by atoms with E-state index in [1.165, 1.54) is 16.7 Å². The van der Waals surface area contributed by atoms with E-state index < -0.39 is 18.2 Å². The van der Waals surface area contributed by atoms with E-state index in [0.717, 1.165) is 6.42 Å². The minimum Gasteiger partial charge on any atom is -0.449 e. The average Bonchev–Trinajstić information content (AvgIpc) is 3.25. The van der Waals surface area contributed by atoms with Crippen LogP contribution >= 0.6 is 11.8 Å². The molecule has 11 heteroatoms. The molecule has 1 unspecified atom stereocenters. The second-order valence-corrected chi connectivity index (χ2v) is 9.37. The fourth-order valence-electron chi connectivity index (χ4n) is 4.66. The van der Waals surface area contributed by atoms with Crippen molar-refractivity contribution >= 4 is 35.6 Å². The van der Waals surface area contributed by atoms with Crippen molar-refractivity contribution in [3.05, 3.63) is 10.8 Å². The minimum absolute atomic E-state index is 0.0543. The zero-order valence-corrected chi connectivity index (χ0v) is 16.6. The maximum Gasteiger partial charge on any atom is 0.512 e. The summed E-state index contributed by atoms with van der Waals surface area (Å²) in [6.07, 6.45) is -0.289. The second kappa shape index (κ2) is 7.62. The van der Waals surface area contributed by atoms with Crippen molar-refractivity contribution in [2.24, 2.45) is 11.8 Å². The molecule has 4 N–H and O–H groups in total. The van der Waals surface area contributed by atoms with Gasteiger partial charge in [-0.05, 0) is 19.8 Å². The number of rotatable bonds is 6. The molecule has 0 aromatic heterocycles. The third-order valence-corrected chi connectivity index (χ3v) is 7.27. The third kappa shape index (κ3) is 3.74. The van der Waals surface area contributed by atoms with E-state index in [1.807, 2.05) is 0 Å². The van der Waals surface area contributed by atoms with Crippen molar-refractivity contribution < 1.29 is 34.1 Å². The van der Waals surface area contributed by atoms with Crippen molar-refractivity contribution in [2.75, 3.05) is 6.54 Å². The Morgan fingerprint density at radius 3 is 2.72 bits per heavy atom. The quantitative estimate of drug-likeness (QED) is 0.262. The number of imide groups is 1. The lowest BCUT2D eigenvalue weighted by Crippen LogP contribution is -2.61. The average molecular weight is 425 g/mol. The van der Waals surface area contributed by atoms with Gasteiger partial charge in [0.25, 0.3) is 0 Å². The van der Waals surface area contributed by atoms with Crippen LogP contribution in [-0.2, 0) is 19.1 Å². The fourth-order valence-corrected chi connectivity index (χ4v) is 6.07. The van der Waals surface area contributed by atoms with E-state index in [-0.39, 0.29) is 53.3 Å². The molecule has 0 radical (unpaired) electrons. The van der Waals surface area contributed by atoms with Gasteiger partial charge in [-0.25, -0.2) is 4.79 Å². The van der Waals surface area contributed by atoms with Crippen molar-refractivity contribution in [3.63, 3.8) is 0 Å². The number of nitrogens with zero attached hydrogens (tertiary/aromatic N) is 1. The normalized spacial score (nSPS) is 34.9. The summed E-state index contributed by atoms with van der Waals surface area (Å²) in [6.45, 7) is 2.22. The van der Waals surface area contributed by atoms with Crippen LogP contribution in [0.4, 0.5) is 4.79 Å². The Labute approximate surface area is 171 Å². The Hall–Kier alpha value is -2.11. The molecular weight excluding hydrogens is 402 g/mol. The molecule has 3 fully saturated rings. The summed E-state index contributed by atoms with van der Waals surface area (Å²) in [5, 5.41) is 24.7. The van der Waals surface area contributed by atoms with Crippen LogP contribution in [0, 0.1) is 11.8 Å². The van der Waals surface area contributed by atoms with E-state index in [9.17, 15) is 24.3 Å². The van der Waals surface area contributed by atoms with Crippen molar-refractivity contribution in [1.82, 2.24) is 15.5 Å². The van der Waals surface area contributed by atoms with Crippen LogP contribution in [0.3, 0.4) is 0 Å². The number of thioether (sulfide) groups is 1. The van der Waals surface area contributed by atoms with E-state index >= 15 is 0 Å². The van der Waals surface area contributed by atoms with E-state index in [0.29, 0.717) is 24.3 Å². The molecule has 0 aromatic rings. The van der Waals surface area contributed by atoms with Gasteiger partial charge in [0, 0.05) is 41.5 Å². The van der Waals surface area contributed by atoms with Gasteiger partial charge in [-0.1, -0.05) is 0 Å². The van der Waals surface area contributed by atoms with Gasteiger partial charge in [-0.2, -0.15) is 0 Å². The van der Waals surface area contributed by atoms with Crippen LogP contribution in [0.15, 0.2) is 10.8 Å². The van der Waals surface area contributed by atoms with Crippen molar-refractivity contribution in [1.29, 1.82) is 0 Å². The molecule has 6 atom stereocenters.